The van der Waals surface area contributed by atoms with Gasteiger partial charge in [-0.2, -0.15) is 4.68 Å². The van der Waals surface area contributed by atoms with Gasteiger partial charge in [0.1, 0.15) is 13.2 Å². The van der Waals surface area contributed by atoms with E-state index in [0.29, 0.717) is 47.9 Å². The van der Waals surface area contributed by atoms with Crippen LogP contribution >= 0.6 is 11.8 Å². The number of aromatic nitrogens is 4. The van der Waals surface area contributed by atoms with Crippen molar-refractivity contribution in [3.8, 4) is 28.7 Å². The van der Waals surface area contributed by atoms with Crippen LogP contribution in [-0.4, -0.2) is 51.9 Å². The lowest BCUT2D eigenvalue weighted by Gasteiger charge is -2.18. The molecule has 0 atom stereocenters. The van der Waals surface area contributed by atoms with E-state index in [4.69, 9.17) is 18.9 Å². The molecule has 154 valence electrons. The van der Waals surface area contributed by atoms with Gasteiger partial charge in [0, 0.05) is 12.6 Å². The van der Waals surface area contributed by atoms with E-state index >= 15 is 0 Å². The van der Waals surface area contributed by atoms with Gasteiger partial charge in [0.25, 0.3) is 0 Å². The Morgan fingerprint density at radius 1 is 1.00 bits per heavy atom. The maximum absolute atomic E-state index is 12.3. The van der Waals surface area contributed by atoms with Gasteiger partial charge in [0.05, 0.1) is 11.4 Å². The predicted octanol–water partition coefficient (Wildman–Crippen LogP) is 1.57. The second-order valence-electron chi connectivity index (χ2n) is 6.45. The molecule has 0 fully saturated rings. The number of tetrazole rings is 1. The lowest BCUT2D eigenvalue weighted by Crippen LogP contribution is -2.24. The second-order valence-corrected chi connectivity index (χ2v) is 7.40. The molecule has 0 spiro atoms. The molecule has 2 aromatic carbocycles. The number of carbonyl (C=O) groups is 1. The number of nitrogens with one attached hydrogen (secondary N) is 1. The SMILES string of the molecule is O=C(CSc1nnnn1-c1ccc2c(c1)OCCO2)NCc1ccc2c(c1)OCO2. The fourth-order valence-electron chi connectivity index (χ4n) is 3.03. The van der Waals surface area contributed by atoms with Gasteiger partial charge in [-0.1, -0.05) is 17.8 Å². The molecule has 10 nitrogen and oxygen atoms in total. The van der Waals surface area contributed by atoms with E-state index in [1.165, 1.54) is 11.8 Å². The molecule has 1 aromatic heterocycles. The molecule has 0 radical (unpaired) electrons. The van der Waals surface area contributed by atoms with Gasteiger partial charge in [-0.25, -0.2) is 0 Å². The Bertz CT molecular complexity index is 1090. The summed E-state index contributed by atoms with van der Waals surface area (Å²) in [5.41, 5.74) is 1.66. The highest BCUT2D eigenvalue weighted by molar-refractivity contribution is 7.99. The maximum atomic E-state index is 12.3. The molecule has 0 aliphatic carbocycles. The topological polar surface area (TPSA) is 110 Å². The number of hydrogen-bond acceptors (Lipinski definition) is 9. The van der Waals surface area contributed by atoms with Crippen molar-refractivity contribution in [3.05, 3.63) is 42.0 Å². The Morgan fingerprint density at radius 3 is 2.70 bits per heavy atom. The Kier molecular flexibility index (Phi) is 5.01. The van der Waals surface area contributed by atoms with Gasteiger partial charge >= 0.3 is 0 Å². The van der Waals surface area contributed by atoms with Gasteiger partial charge in [0.2, 0.25) is 17.9 Å². The molecule has 0 saturated heterocycles. The first-order chi connectivity index (χ1) is 14.8. The van der Waals surface area contributed by atoms with Crippen molar-refractivity contribution in [1.82, 2.24) is 25.5 Å². The summed E-state index contributed by atoms with van der Waals surface area (Å²) < 4.78 is 23.3. The van der Waals surface area contributed by atoms with Crippen LogP contribution in [0.15, 0.2) is 41.6 Å². The molecule has 0 unspecified atom stereocenters. The standard InChI is InChI=1S/C19H17N5O5S/c25-18(20-9-12-1-3-15-16(7-12)29-11-28-15)10-30-19-21-22-23-24(19)13-2-4-14-17(8-13)27-6-5-26-14/h1-4,7-8H,5-6,9-11H2,(H,20,25). The summed E-state index contributed by atoms with van der Waals surface area (Å²) in [5.74, 6) is 2.78. The third-order valence-electron chi connectivity index (χ3n) is 4.47. The number of amides is 1. The molecular formula is C19H17N5O5S. The molecule has 3 heterocycles. The van der Waals surface area contributed by atoms with Crippen LogP contribution in [0, 0.1) is 0 Å². The highest BCUT2D eigenvalue weighted by Gasteiger charge is 2.17. The highest BCUT2D eigenvalue weighted by Crippen LogP contribution is 2.33. The van der Waals surface area contributed by atoms with Gasteiger partial charge in [-0.3, -0.25) is 4.79 Å². The summed E-state index contributed by atoms with van der Waals surface area (Å²) >= 11 is 1.25. The van der Waals surface area contributed by atoms with Crippen LogP contribution in [0.4, 0.5) is 0 Å². The second kappa shape index (κ2) is 8.11. The minimum Gasteiger partial charge on any atom is -0.486 e. The largest absolute Gasteiger partial charge is 0.486 e. The number of rotatable bonds is 6. The lowest BCUT2D eigenvalue weighted by atomic mass is 10.2. The lowest BCUT2D eigenvalue weighted by molar-refractivity contribution is -0.118. The quantitative estimate of drug-likeness (QED) is 0.586. The average molecular weight is 427 g/mol. The molecule has 11 heteroatoms. The molecule has 30 heavy (non-hydrogen) atoms. The summed E-state index contributed by atoms with van der Waals surface area (Å²) in [6.45, 7) is 1.64. The zero-order chi connectivity index (χ0) is 20.3. The number of nitrogens with zero attached hydrogens (tertiary/aromatic N) is 4. The third-order valence-corrected chi connectivity index (χ3v) is 5.39. The van der Waals surface area contributed by atoms with Crippen molar-refractivity contribution in [2.75, 3.05) is 25.8 Å². The summed E-state index contributed by atoms with van der Waals surface area (Å²) in [6.07, 6.45) is 0. The monoisotopic (exact) mass is 427 g/mol. The molecule has 2 aliphatic heterocycles. The number of ether oxygens (including phenoxy) is 4. The number of thioether (sulfide) groups is 1. The molecule has 1 amide bonds. The molecule has 0 bridgehead atoms. The molecular weight excluding hydrogens is 410 g/mol. The van der Waals surface area contributed by atoms with E-state index in [1.54, 1.807) is 4.68 Å². The summed E-state index contributed by atoms with van der Waals surface area (Å²) in [7, 11) is 0. The summed E-state index contributed by atoms with van der Waals surface area (Å²) in [4.78, 5) is 12.3. The summed E-state index contributed by atoms with van der Waals surface area (Å²) in [6, 6.07) is 11.1. The normalized spacial score (nSPS) is 13.9. The van der Waals surface area contributed by atoms with Crippen LogP contribution in [0.25, 0.3) is 5.69 Å². The van der Waals surface area contributed by atoms with E-state index < -0.39 is 0 Å². The predicted molar refractivity (Wildman–Crippen MR) is 105 cm³/mol. The third kappa shape index (κ3) is 3.83. The smallest absolute Gasteiger partial charge is 0.231 e. The Balaban J connectivity index is 1.19. The Hall–Kier alpha value is -3.47. The number of fused-ring (bicyclic) bond motifs is 2. The van der Waals surface area contributed by atoms with E-state index in [0.717, 1.165) is 11.3 Å². The first kappa shape index (κ1) is 18.6. The Morgan fingerprint density at radius 2 is 1.77 bits per heavy atom. The maximum Gasteiger partial charge on any atom is 0.231 e. The van der Waals surface area contributed by atoms with Crippen LogP contribution < -0.4 is 24.3 Å². The minimum absolute atomic E-state index is 0.130. The van der Waals surface area contributed by atoms with Gasteiger partial charge in [-0.05, 0) is 40.3 Å². The van der Waals surface area contributed by atoms with Crippen LogP contribution in [0.3, 0.4) is 0 Å². The van der Waals surface area contributed by atoms with Crippen molar-refractivity contribution in [1.29, 1.82) is 0 Å². The number of benzene rings is 2. The van der Waals surface area contributed by atoms with Crippen molar-refractivity contribution in [3.63, 3.8) is 0 Å². The first-order valence-corrected chi connectivity index (χ1v) is 10.2. The van der Waals surface area contributed by atoms with Crippen molar-refractivity contribution >= 4 is 17.7 Å². The van der Waals surface area contributed by atoms with E-state index in [9.17, 15) is 4.79 Å². The minimum atomic E-state index is -0.130. The Labute approximate surface area is 175 Å². The molecule has 2 aliphatic rings. The summed E-state index contributed by atoms with van der Waals surface area (Å²) in [5, 5.41) is 15.2. The molecule has 1 N–H and O–H groups in total. The van der Waals surface area contributed by atoms with Crippen LogP contribution in [-0.2, 0) is 11.3 Å². The van der Waals surface area contributed by atoms with Crippen molar-refractivity contribution in [2.24, 2.45) is 0 Å². The van der Waals surface area contributed by atoms with E-state index in [1.807, 2.05) is 36.4 Å². The van der Waals surface area contributed by atoms with Crippen LogP contribution in [0.1, 0.15) is 5.56 Å². The molecule has 5 rings (SSSR count). The van der Waals surface area contributed by atoms with Crippen LogP contribution in [0.5, 0.6) is 23.0 Å². The first-order valence-electron chi connectivity index (χ1n) is 9.23. The molecule has 0 saturated carbocycles. The fraction of sp³-hybridized carbons (Fsp3) is 0.263. The van der Waals surface area contributed by atoms with Gasteiger partial charge in [-0.15, -0.1) is 5.10 Å². The zero-order valence-electron chi connectivity index (χ0n) is 15.7. The fourth-order valence-corrected chi connectivity index (χ4v) is 3.75. The van der Waals surface area contributed by atoms with Gasteiger partial charge < -0.3 is 24.3 Å². The number of carbonyl (C=O) groups excluding carboxylic acids is 1. The van der Waals surface area contributed by atoms with Gasteiger partial charge in [0.15, 0.2) is 23.0 Å². The zero-order valence-corrected chi connectivity index (χ0v) is 16.6. The highest BCUT2D eigenvalue weighted by atomic mass is 32.2. The average Bonchev–Trinajstić information content (AvgIpc) is 3.45. The van der Waals surface area contributed by atoms with E-state index in [2.05, 4.69) is 20.8 Å². The van der Waals surface area contributed by atoms with Crippen LogP contribution in [0.2, 0.25) is 0 Å². The molecule has 3 aromatic rings. The number of hydrogen-bond donors (Lipinski definition) is 1. The van der Waals surface area contributed by atoms with E-state index in [-0.39, 0.29) is 18.5 Å². The van der Waals surface area contributed by atoms with Crippen molar-refractivity contribution in [2.45, 2.75) is 11.7 Å². The van der Waals surface area contributed by atoms with Crippen molar-refractivity contribution < 1.29 is 23.7 Å².